The molecule has 2 rings (SSSR count). The molecule has 0 aliphatic heterocycles. The minimum Gasteiger partial charge on any atom is -0.397 e. The maximum Gasteiger partial charge on any atom is 0.271 e. The number of non-ortho nitro benzene ring substituents is 1. The number of anilines is 2. The highest BCUT2D eigenvalue weighted by Gasteiger charge is 2.10. The van der Waals surface area contributed by atoms with Crippen LogP contribution in [0.15, 0.2) is 48.5 Å². The van der Waals surface area contributed by atoms with E-state index in [0.29, 0.717) is 5.69 Å². The molecule has 21 heavy (non-hydrogen) atoms. The highest BCUT2D eigenvalue weighted by molar-refractivity contribution is 5.69. The zero-order valence-electron chi connectivity index (χ0n) is 12.0. The molecule has 0 radical (unpaired) electrons. The first-order valence-electron chi connectivity index (χ1n) is 6.90. The third-order valence-electron chi connectivity index (χ3n) is 3.36. The van der Waals surface area contributed by atoms with E-state index in [-0.39, 0.29) is 11.7 Å². The normalized spacial score (nSPS) is 11.9. The van der Waals surface area contributed by atoms with Gasteiger partial charge in [0.15, 0.2) is 0 Å². The van der Waals surface area contributed by atoms with Crippen molar-refractivity contribution in [2.75, 3.05) is 11.1 Å². The van der Waals surface area contributed by atoms with Gasteiger partial charge in [0, 0.05) is 18.2 Å². The van der Waals surface area contributed by atoms with Crippen LogP contribution in [0.3, 0.4) is 0 Å². The van der Waals surface area contributed by atoms with E-state index in [2.05, 4.69) is 24.4 Å². The average molecular weight is 285 g/mol. The topological polar surface area (TPSA) is 81.2 Å². The lowest BCUT2D eigenvalue weighted by Crippen LogP contribution is -2.17. The monoisotopic (exact) mass is 285 g/mol. The number of nitrogens with one attached hydrogen (secondary N) is 1. The van der Waals surface area contributed by atoms with E-state index in [1.807, 2.05) is 18.2 Å². The molecule has 2 aromatic carbocycles. The van der Waals surface area contributed by atoms with E-state index < -0.39 is 4.92 Å². The van der Waals surface area contributed by atoms with Gasteiger partial charge in [0.25, 0.3) is 5.69 Å². The van der Waals surface area contributed by atoms with Gasteiger partial charge >= 0.3 is 0 Å². The second kappa shape index (κ2) is 6.74. The lowest BCUT2D eigenvalue weighted by molar-refractivity contribution is -0.384. The van der Waals surface area contributed by atoms with Gasteiger partial charge in [-0.25, -0.2) is 0 Å². The SMILES string of the molecule is CC(CCc1ccccc1)Nc1ccc([N+](=O)[O-])cc1N. The van der Waals surface area contributed by atoms with Gasteiger partial charge in [0.1, 0.15) is 0 Å². The first-order chi connectivity index (χ1) is 10.1. The molecule has 0 heterocycles. The molecule has 5 heteroatoms. The molecule has 2 aromatic rings. The van der Waals surface area contributed by atoms with Gasteiger partial charge in [-0.3, -0.25) is 10.1 Å². The summed E-state index contributed by atoms with van der Waals surface area (Å²) in [7, 11) is 0. The van der Waals surface area contributed by atoms with E-state index in [1.54, 1.807) is 6.07 Å². The summed E-state index contributed by atoms with van der Waals surface area (Å²) in [5.74, 6) is 0. The molecule has 5 nitrogen and oxygen atoms in total. The van der Waals surface area contributed by atoms with Crippen molar-refractivity contribution >= 4 is 17.1 Å². The van der Waals surface area contributed by atoms with Crippen LogP contribution < -0.4 is 11.1 Å². The van der Waals surface area contributed by atoms with Crippen LogP contribution in [-0.2, 0) is 6.42 Å². The summed E-state index contributed by atoms with van der Waals surface area (Å²) in [5, 5.41) is 14.0. The van der Waals surface area contributed by atoms with Crippen molar-refractivity contribution in [1.29, 1.82) is 0 Å². The Bertz CT molecular complexity index is 614. The number of benzene rings is 2. The standard InChI is InChI=1S/C16H19N3O2/c1-12(7-8-13-5-3-2-4-6-13)18-16-10-9-14(19(20)21)11-15(16)17/h2-6,9-12,18H,7-8,17H2,1H3. The Morgan fingerprint density at radius 1 is 1.24 bits per heavy atom. The molecular weight excluding hydrogens is 266 g/mol. The van der Waals surface area contributed by atoms with Crippen LogP contribution in [0.4, 0.5) is 17.1 Å². The van der Waals surface area contributed by atoms with Gasteiger partial charge in [-0.1, -0.05) is 30.3 Å². The molecule has 0 saturated heterocycles. The van der Waals surface area contributed by atoms with E-state index in [0.717, 1.165) is 18.5 Å². The number of aryl methyl sites for hydroxylation is 1. The molecule has 1 atom stereocenters. The van der Waals surface area contributed by atoms with Crippen LogP contribution >= 0.6 is 0 Å². The lowest BCUT2D eigenvalue weighted by Gasteiger charge is -2.16. The molecule has 110 valence electrons. The molecule has 0 aromatic heterocycles. The molecule has 0 aliphatic rings. The van der Waals surface area contributed by atoms with Crippen LogP contribution in [-0.4, -0.2) is 11.0 Å². The van der Waals surface area contributed by atoms with Crippen LogP contribution in [0.5, 0.6) is 0 Å². The van der Waals surface area contributed by atoms with Crippen molar-refractivity contribution < 1.29 is 4.92 Å². The number of hydrogen-bond acceptors (Lipinski definition) is 4. The Kier molecular flexibility index (Phi) is 4.77. The van der Waals surface area contributed by atoms with Crippen molar-refractivity contribution in [2.24, 2.45) is 0 Å². The van der Waals surface area contributed by atoms with Gasteiger partial charge in [-0.2, -0.15) is 0 Å². The van der Waals surface area contributed by atoms with Gasteiger partial charge in [0.05, 0.1) is 16.3 Å². The minimum atomic E-state index is -0.445. The fourth-order valence-corrected chi connectivity index (χ4v) is 2.16. The number of nitrogens with zero attached hydrogens (tertiary/aromatic N) is 1. The van der Waals surface area contributed by atoms with Crippen LogP contribution in [0.25, 0.3) is 0 Å². The van der Waals surface area contributed by atoms with E-state index in [1.165, 1.54) is 17.7 Å². The Morgan fingerprint density at radius 3 is 2.57 bits per heavy atom. The number of hydrogen-bond donors (Lipinski definition) is 2. The summed E-state index contributed by atoms with van der Waals surface area (Å²) >= 11 is 0. The lowest BCUT2D eigenvalue weighted by atomic mass is 10.1. The quantitative estimate of drug-likeness (QED) is 0.482. The Hall–Kier alpha value is -2.56. The van der Waals surface area contributed by atoms with E-state index in [4.69, 9.17) is 5.73 Å². The van der Waals surface area contributed by atoms with Crippen molar-refractivity contribution in [3.63, 3.8) is 0 Å². The van der Waals surface area contributed by atoms with Crippen molar-refractivity contribution in [1.82, 2.24) is 0 Å². The van der Waals surface area contributed by atoms with Crippen molar-refractivity contribution in [3.8, 4) is 0 Å². The molecule has 0 spiro atoms. The molecule has 0 aliphatic carbocycles. The summed E-state index contributed by atoms with van der Waals surface area (Å²) < 4.78 is 0. The van der Waals surface area contributed by atoms with Gasteiger partial charge < -0.3 is 11.1 Å². The predicted octanol–water partition coefficient (Wildman–Crippen LogP) is 3.61. The zero-order valence-corrected chi connectivity index (χ0v) is 12.0. The number of nitrogen functional groups attached to an aromatic ring is 1. The molecule has 0 bridgehead atoms. The molecule has 0 amide bonds. The Morgan fingerprint density at radius 2 is 1.95 bits per heavy atom. The average Bonchev–Trinajstić information content (AvgIpc) is 2.48. The molecular formula is C16H19N3O2. The van der Waals surface area contributed by atoms with E-state index in [9.17, 15) is 10.1 Å². The summed E-state index contributed by atoms with van der Waals surface area (Å²) in [5.41, 5.74) is 8.29. The second-order valence-electron chi connectivity index (χ2n) is 5.10. The summed E-state index contributed by atoms with van der Waals surface area (Å²) in [6.45, 7) is 2.07. The highest BCUT2D eigenvalue weighted by Crippen LogP contribution is 2.25. The molecule has 1 unspecified atom stereocenters. The van der Waals surface area contributed by atoms with Gasteiger partial charge in [-0.15, -0.1) is 0 Å². The van der Waals surface area contributed by atoms with Crippen molar-refractivity contribution in [2.45, 2.75) is 25.8 Å². The Labute approximate surface area is 123 Å². The Balaban J connectivity index is 1.93. The molecule has 0 saturated carbocycles. The number of nitro groups is 1. The highest BCUT2D eigenvalue weighted by atomic mass is 16.6. The summed E-state index contributed by atoms with van der Waals surface area (Å²) in [6, 6.07) is 15.0. The summed E-state index contributed by atoms with van der Waals surface area (Å²) in [4.78, 5) is 10.2. The van der Waals surface area contributed by atoms with Gasteiger partial charge in [0.2, 0.25) is 0 Å². The summed E-state index contributed by atoms with van der Waals surface area (Å²) in [6.07, 6.45) is 1.93. The number of nitro benzene ring substituents is 1. The van der Waals surface area contributed by atoms with Crippen LogP contribution in [0.1, 0.15) is 18.9 Å². The first kappa shape index (κ1) is 14.8. The number of rotatable bonds is 6. The predicted molar refractivity (Wildman–Crippen MR) is 85.4 cm³/mol. The smallest absolute Gasteiger partial charge is 0.271 e. The van der Waals surface area contributed by atoms with Crippen molar-refractivity contribution in [3.05, 3.63) is 64.2 Å². The maximum absolute atomic E-state index is 10.7. The fourth-order valence-electron chi connectivity index (χ4n) is 2.16. The fraction of sp³-hybridized carbons (Fsp3) is 0.250. The molecule has 0 fully saturated rings. The van der Waals surface area contributed by atoms with Crippen LogP contribution in [0.2, 0.25) is 0 Å². The largest absolute Gasteiger partial charge is 0.397 e. The van der Waals surface area contributed by atoms with E-state index >= 15 is 0 Å². The van der Waals surface area contributed by atoms with Gasteiger partial charge in [-0.05, 0) is 31.4 Å². The number of nitrogens with two attached hydrogens (primary N) is 1. The minimum absolute atomic E-state index is 0.00925. The van der Waals surface area contributed by atoms with Crippen LogP contribution in [0, 0.1) is 10.1 Å². The maximum atomic E-state index is 10.7. The third-order valence-corrected chi connectivity index (χ3v) is 3.36. The second-order valence-corrected chi connectivity index (χ2v) is 5.10. The molecule has 3 N–H and O–H groups in total. The third kappa shape index (κ3) is 4.21. The first-order valence-corrected chi connectivity index (χ1v) is 6.90. The zero-order chi connectivity index (χ0) is 15.2.